The molecule has 0 saturated heterocycles. The standard InChI is InChI=1S/C20H15ClO6/c1-11-6-20(23)27-17-9-18(14(21)8-13(11)17)26-10-15(22)12-2-3-16-19(7-12)25-5-4-24-16/h2-3,6-9H,4-5,10H2,1H3. The summed E-state index contributed by atoms with van der Waals surface area (Å²) in [7, 11) is 0. The Labute approximate surface area is 159 Å². The quantitative estimate of drug-likeness (QED) is 0.501. The van der Waals surface area contributed by atoms with Gasteiger partial charge in [0.05, 0.1) is 5.02 Å². The summed E-state index contributed by atoms with van der Waals surface area (Å²) in [6, 6.07) is 9.54. The van der Waals surface area contributed by atoms with Crippen LogP contribution in [-0.2, 0) is 0 Å². The highest BCUT2D eigenvalue weighted by Gasteiger charge is 2.16. The van der Waals surface area contributed by atoms with Crippen molar-refractivity contribution >= 4 is 28.4 Å². The summed E-state index contributed by atoms with van der Waals surface area (Å²) >= 11 is 6.25. The van der Waals surface area contributed by atoms with Gasteiger partial charge in [0.15, 0.2) is 23.9 Å². The topological polar surface area (TPSA) is 75.0 Å². The summed E-state index contributed by atoms with van der Waals surface area (Å²) in [6.45, 7) is 2.50. The summed E-state index contributed by atoms with van der Waals surface area (Å²) in [6.07, 6.45) is 0. The summed E-state index contributed by atoms with van der Waals surface area (Å²) in [5.41, 5.74) is 1.09. The van der Waals surface area contributed by atoms with E-state index in [-0.39, 0.29) is 18.1 Å². The van der Waals surface area contributed by atoms with E-state index >= 15 is 0 Å². The zero-order chi connectivity index (χ0) is 19.0. The molecule has 0 bridgehead atoms. The van der Waals surface area contributed by atoms with Crippen molar-refractivity contribution in [3.63, 3.8) is 0 Å². The molecule has 0 aliphatic carbocycles. The number of aryl methyl sites for hydroxylation is 1. The van der Waals surface area contributed by atoms with Crippen LogP contribution in [0.5, 0.6) is 17.2 Å². The van der Waals surface area contributed by atoms with Gasteiger partial charge in [-0.3, -0.25) is 4.79 Å². The molecule has 7 heteroatoms. The van der Waals surface area contributed by atoms with Crippen molar-refractivity contribution in [2.75, 3.05) is 19.8 Å². The first-order valence-electron chi connectivity index (χ1n) is 8.31. The third-order valence-electron chi connectivity index (χ3n) is 4.23. The first kappa shape index (κ1) is 17.4. The molecule has 0 unspecified atom stereocenters. The number of carbonyl (C=O) groups excluding carboxylic acids is 1. The number of Topliss-reactive ketones (excluding diaryl/α,β-unsaturated/α-hetero) is 1. The molecular formula is C20H15ClO6. The molecule has 6 nitrogen and oxygen atoms in total. The van der Waals surface area contributed by atoms with Crippen LogP contribution in [0.3, 0.4) is 0 Å². The van der Waals surface area contributed by atoms with Crippen LogP contribution in [0.2, 0.25) is 5.02 Å². The number of hydrogen-bond donors (Lipinski definition) is 0. The summed E-state index contributed by atoms with van der Waals surface area (Å²) in [5.74, 6) is 1.17. The number of rotatable bonds is 4. The van der Waals surface area contributed by atoms with Crippen LogP contribution >= 0.6 is 11.6 Å². The molecule has 4 rings (SSSR count). The van der Waals surface area contributed by atoms with Gasteiger partial charge in [-0.2, -0.15) is 0 Å². The van der Waals surface area contributed by atoms with Gasteiger partial charge >= 0.3 is 5.63 Å². The first-order valence-corrected chi connectivity index (χ1v) is 8.69. The highest BCUT2D eigenvalue weighted by molar-refractivity contribution is 6.32. The number of halogens is 1. The van der Waals surface area contributed by atoms with Gasteiger partial charge in [0, 0.05) is 23.1 Å². The third-order valence-corrected chi connectivity index (χ3v) is 4.52. The second kappa shape index (κ2) is 6.96. The molecule has 0 amide bonds. The summed E-state index contributed by atoms with van der Waals surface area (Å²) in [5, 5.41) is 1.04. The van der Waals surface area contributed by atoms with Gasteiger partial charge in [-0.05, 0) is 36.8 Å². The number of hydrogen-bond acceptors (Lipinski definition) is 6. The fourth-order valence-electron chi connectivity index (χ4n) is 2.87. The van der Waals surface area contributed by atoms with Gasteiger partial charge in [-0.25, -0.2) is 4.79 Å². The second-order valence-electron chi connectivity index (χ2n) is 6.10. The summed E-state index contributed by atoms with van der Waals surface area (Å²) in [4.78, 5) is 24.0. The minimum Gasteiger partial charge on any atom is -0.486 e. The maximum Gasteiger partial charge on any atom is 0.336 e. The van der Waals surface area contributed by atoms with Gasteiger partial charge in [0.2, 0.25) is 0 Å². The molecule has 0 radical (unpaired) electrons. The highest BCUT2D eigenvalue weighted by atomic mass is 35.5. The van der Waals surface area contributed by atoms with Gasteiger partial charge in [-0.15, -0.1) is 0 Å². The number of ether oxygens (including phenoxy) is 3. The Morgan fingerprint density at radius 2 is 1.89 bits per heavy atom. The van der Waals surface area contributed by atoms with Crippen molar-refractivity contribution in [3.8, 4) is 17.2 Å². The largest absolute Gasteiger partial charge is 0.486 e. The van der Waals surface area contributed by atoms with Crippen molar-refractivity contribution in [1.82, 2.24) is 0 Å². The van der Waals surface area contributed by atoms with Crippen molar-refractivity contribution < 1.29 is 23.4 Å². The van der Waals surface area contributed by atoms with Crippen molar-refractivity contribution in [3.05, 3.63) is 63.0 Å². The minimum absolute atomic E-state index is 0.221. The first-order chi connectivity index (χ1) is 13.0. The molecule has 0 spiro atoms. The van der Waals surface area contributed by atoms with Crippen molar-refractivity contribution in [2.45, 2.75) is 6.92 Å². The molecule has 1 aliphatic rings. The van der Waals surface area contributed by atoms with Gasteiger partial charge < -0.3 is 18.6 Å². The third kappa shape index (κ3) is 3.48. The Hall–Kier alpha value is -2.99. The van der Waals surface area contributed by atoms with Gasteiger partial charge in [0.25, 0.3) is 0 Å². The molecule has 2 aromatic carbocycles. The van der Waals surface area contributed by atoms with E-state index in [1.807, 2.05) is 0 Å². The molecule has 1 aliphatic heterocycles. The van der Waals surface area contributed by atoms with Crippen LogP contribution in [0.15, 0.2) is 45.6 Å². The molecule has 0 atom stereocenters. The van der Waals surface area contributed by atoms with Crippen molar-refractivity contribution in [2.24, 2.45) is 0 Å². The number of carbonyl (C=O) groups is 1. The second-order valence-corrected chi connectivity index (χ2v) is 6.50. The fraction of sp³-hybridized carbons (Fsp3) is 0.200. The Morgan fingerprint density at radius 1 is 1.11 bits per heavy atom. The average Bonchev–Trinajstić information content (AvgIpc) is 2.66. The molecule has 138 valence electrons. The van der Waals surface area contributed by atoms with E-state index in [2.05, 4.69) is 0 Å². The van der Waals surface area contributed by atoms with E-state index in [1.54, 1.807) is 31.2 Å². The normalized spacial score (nSPS) is 12.8. The van der Waals surface area contributed by atoms with E-state index < -0.39 is 5.63 Å². The average molecular weight is 387 g/mol. The van der Waals surface area contributed by atoms with Gasteiger partial charge in [0.1, 0.15) is 24.5 Å². The molecule has 3 aromatic rings. The van der Waals surface area contributed by atoms with E-state index in [0.29, 0.717) is 46.3 Å². The minimum atomic E-state index is -0.458. The lowest BCUT2D eigenvalue weighted by Crippen LogP contribution is -2.17. The van der Waals surface area contributed by atoms with Crippen LogP contribution in [0.1, 0.15) is 15.9 Å². The van der Waals surface area contributed by atoms with Crippen LogP contribution in [0, 0.1) is 6.92 Å². The Morgan fingerprint density at radius 3 is 2.70 bits per heavy atom. The Bertz CT molecular complexity index is 1100. The van der Waals surface area contributed by atoms with Crippen LogP contribution in [-0.4, -0.2) is 25.6 Å². The summed E-state index contributed by atoms with van der Waals surface area (Å²) < 4.78 is 21.7. The van der Waals surface area contributed by atoms with E-state index in [9.17, 15) is 9.59 Å². The predicted octanol–water partition coefficient (Wildman–Crippen LogP) is 3.79. The van der Waals surface area contributed by atoms with Gasteiger partial charge in [-0.1, -0.05) is 11.6 Å². The number of fused-ring (bicyclic) bond motifs is 2. The van der Waals surface area contributed by atoms with Crippen LogP contribution < -0.4 is 19.8 Å². The fourth-order valence-corrected chi connectivity index (χ4v) is 3.09. The molecule has 27 heavy (non-hydrogen) atoms. The lowest BCUT2D eigenvalue weighted by molar-refractivity contribution is 0.0920. The Balaban J connectivity index is 1.55. The van der Waals surface area contributed by atoms with Crippen molar-refractivity contribution in [1.29, 1.82) is 0 Å². The zero-order valence-electron chi connectivity index (χ0n) is 14.4. The maximum absolute atomic E-state index is 12.4. The van der Waals surface area contributed by atoms with E-state index in [0.717, 1.165) is 5.56 Å². The molecule has 0 N–H and O–H groups in total. The van der Waals surface area contributed by atoms with E-state index in [1.165, 1.54) is 12.1 Å². The molecule has 0 saturated carbocycles. The number of benzene rings is 2. The molecular weight excluding hydrogens is 372 g/mol. The monoisotopic (exact) mass is 386 g/mol. The SMILES string of the molecule is Cc1cc(=O)oc2cc(OCC(=O)c3ccc4c(c3)OCCO4)c(Cl)cc12. The highest BCUT2D eigenvalue weighted by Crippen LogP contribution is 2.32. The molecule has 1 aromatic heterocycles. The van der Waals surface area contributed by atoms with Crippen LogP contribution in [0.25, 0.3) is 11.0 Å². The Kier molecular flexibility index (Phi) is 4.49. The lowest BCUT2D eigenvalue weighted by atomic mass is 10.1. The maximum atomic E-state index is 12.4. The molecule has 0 fully saturated rings. The zero-order valence-corrected chi connectivity index (χ0v) is 15.2. The smallest absolute Gasteiger partial charge is 0.336 e. The predicted molar refractivity (Wildman–Crippen MR) is 99.5 cm³/mol. The van der Waals surface area contributed by atoms with E-state index in [4.69, 9.17) is 30.2 Å². The molecule has 2 heterocycles. The number of ketones is 1. The van der Waals surface area contributed by atoms with Crippen LogP contribution in [0.4, 0.5) is 0 Å². The lowest BCUT2D eigenvalue weighted by Gasteiger charge is -2.18.